The summed E-state index contributed by atoms with van der Waals surface area (Å²) in [4.78, 5) is 27.6. The van der Waals surface area contributed by atoms with Crippen LogP contribution < -0.4 is 10.6 Å². The first kappa shape index (κ1) is 18.5. The number of alkyl halides is 3. The zero-order valence-electron chi connectivity index (χ0n) is 14.3. The van der Waals surface area contributed by atoms with E-state index in [2.05, 4.69) is 0 Å². The molecule has 0 radical (unpaired) electrons. The third-order valence-corrected chi connectivity index (χ3v) is 5.25. The lowest BCUT2D eigenvalue weighted by Crippen LogP contribution is -2.48. The highest BCUT2D eigenvalue weighted by Crippen LogP contribution is 2.33. The zero-order chi connectivity index (χ0) is 18.9. The summed E-state index contributed by atoms with van der Waals surface area (Å²) in [6, 6.07) is 4.73. The van der Waals surface area contributed by atoms with Gasteiger partial charge in [0.15, 0.2) is 0 Å². The Morgan fingerprint density at radius 1 is 1.08 bits per heavy atom. The minimum atomic E-state index is -4.37. The number of piperidine rings is 1. The SMILES string of the molecule is NC(=O)C1CCCN1C(=O)C1CCN(c2cccc(C(F)(F)F)c2)CC1. The first-order valence-electron chi connectivity index (χ1n) is 8.79. The highest BCUT2D eigenvalue weighted by molar-refractivity contribution is 5.88. The van der Waals surface area contributed by atoms with Crippen LogP contribution in [0.1, 0.15) is 31.2 Å². The molecule has 26 heavy (non-hydrogen) atoms. The molecule has 0 aliphatic carbocycles. The van der Waals surface area contributed by atoms with E-state index in [0.29, 0.717) is 44.6 Å². The zero-order valence-corrected chi connectivity index (χ0v) is 14.3. The second kappa shape index (κ2) is 7.17. The number of hydrogen-bond acceptors (Lipinski definition) is 3. The number of nitrogens with two attached hydrogens (primary N) is 1. The number of nitrogens with zero attached hydrogens (tertiary/aromatic N) is 2. The molecule has 2 saturated heterocycles. The molecule has 0 aromatic heterocycles. The fourth-order valence-electron chi connectivity index (χ4n) is 3.82. The molecule has 1 atom stereocenters. The highest BCUT2D eigenvalue weighted by Gasteiger charge is 2.37. The quantitative estimate of drug-likeness (QED) is 0.890. The largest absolute Gasteiger partial charge is 0.416 e. The second-order valence-electron chi connectivity index (χ2n) is 6.90. The Bertz CT molecular complexity index is 685. The molecule has 2 amide bonds. The minimum absolute atomic E-state index is 0.0602. The van der Waals surface area contributed by atoms with Gasteiger partial charge in [0.25, 0.3) is 0 Å². The Morgan fingerprint density at radius 3 is 2.38 bits per heavy atom. The summed E-state index contributed by atoms with van der Waals surface area (Å²) >= 11 is 0. The molecule has 1 aromatic carbocycles. The van der Waals surface area contributed by atoms with Gasteiger partial charge in [-0.2, -0.15) is 13.2 Å². The van der Waals surface area contributed by atoms with Crippen LogP contribution in [0.3, 0.4) is 0 Å². The normalized spacial score (nSPS) is 21.9. The van der Waals surface area contributed by atoms with Crippen molar-refractivity contribution < 1.29 is 22.8 Å². The van der Waals surface area contributed by atoms with Crippen molar-refractivity contribution in [2.75, 3.05) is 24.5 Å². The molecule has 2 N–H and O–H groups in total. The smallest absolute Gasteiger partial charge is 0.371 e. The van der Waals surface area contributed by atoms with Gasteiger partial charge in [0.2, 0.25) is 11.8 Å². The first-order valence-corrected chi connectivity index (χ1v) is 8.79. The van der Waals surface area contributed by atoms with Crippen LogP contribution in [-0.2, 0) is 15.8 Å². The molecule has 3 rings (SSSR count). The Hall–Kier alpha value is -2.25. The Labute approximate surface area is 149 Å². The van der Waals surface area contributed by atoms with E-state index in [-0.39, 0.29) is 11.8 Å². The minimum Gasteiger partial charge on any atom is -0.371 e. The lowest BCUT2D eigenvalue weighted by Gasteiger charge is -2.35. The molecule has 1 aromatic rings. The number of amides is 2. The van der Waals surface area contributed by atoms with E-state index >= 15 is 0 Å². The van der Waals surface area contributed by atoms with Crippen LogP contribution >= 0.6 is 0 Å². The van der Waals surface area contributed by atoms with Gasteiger partial charge >= 0.3 is 6.18 Å². The van der Waals surface area contributed by atoms with E-state index in [4.69, 9.17) is 5.73 Å². The summed E-state index contributed by atoms with van der Waals surface area (Å²) in [5.41, 5.74) is 5.21. The molecule has 2 fully saturated rings. The molecule has 2 aliphatic rings. The molecular formula is C18H22F3N3O2. The van der Waals surface area contributed by atoms with Crippen molar-refractivity contribution in [3.05, 3.63) is 29.8 Å². The number of benzene rings is 1. The Balaban J connectivity index is 1.63. The Kier molecular flexibility index (Phi) is 5.11. The summed E-state index contributed by atoms with van der Waals surface area (Å²) in [6.07, 6.45) is -1.90. The number of hydrogen-bond donors (Lipinski definition) is 1. The third-order valence-electron chi connectivity index (χ3n) is 5.25. The lowest BCUT2D eigenvalue weighted by molar-refractivity contribution is -0.141. The lowest BCUT2D eigenvalue weighted by atomic mass is 9.94. The number of carbonyl (C=O) groups excluding carboxylic acids is 2. The first-order chi connectivity index (χ1) is 12.3. The van der Waals surface area contributed by atoms with E-state index in [1.807, 2.05) is 4.90 Å². The van der Waals surface area contributed by atoms with Crippen LogP contribution in [-0.4, -0.2) is 42.4 Å². The number of primary amides is 1. The summed E-state index contributed by atoms with van der Waals surface area (Å²) < 4.78 is 38.6. The fraction of sp³-hybridized carbons (Fsp3) is 0.556. The van der Waals surface area contributed by atoms with Crippen LogP contribution in [0.25, 0.3) is 0 Å². The molecule has 2 heterocycles. The molecule has 2 aliphatic heterocycles. The molecular weight excluding hydrogens is 347 g/mol. The molecule has 8 heteroatoms. The molecule has 1 unspecified atom stereocenters. The van der Waals surface area contributed by atoms with Gasteiger partial charge in [-0.3, -0.25) is 9.59 Å². The number of carbonyl (C=O) groups is 2. The van der Waals surface area contributed by atoms with E-state index in [1.165, 1.54) is 6.07 Å². The van der Waals surface area contributed by atoms with Gasteiger partial charge in [0.1, 0.15) is 6.04 Å². The Morgan fingerprint density at radius 2 is 1.77 bits per heavy atom. The van der Waals surface area contributed by atoms with Crippen molar-refractivity contribution in [2.45, 2.75) is 37.9 Å². The van der Waals surface area contributed by atoms with Crippen molar-refractivity contribution in [3.63, 3.8) is 0 Å². The van der Waals surface area contributed by atoms with Gasteiger partial charge < -0.3 is 15.5 Å². The summed E-state index contributed by atoms with van der Waals surface area (Å²) in [5.74, 6) is -0.746. The highest BCUT2D eigenvalue weighted by atomic mass is 19.4. The van der Waals surface area contributed by atoms with Crippen molar-refractivity contribution in [1.29, 1.82) is 0 Å². The van der Waals surface area contributed by atoms with Crippen LogP contribution in [0.4, 0.5) is 18.9 Å². The molecule has 0 bridgehead atoms. The van der Waals surface area contributed by atoms with Gasteiger partial charge in [-0.25, -0.2) is 0 Å². The van der Waals surface area contributed by atoms with E-state index in [1.54, 1.807) is 11.0 Å². The third kappa shape index (κ3) is 3.78. The number of anilines is 1. The summed E-state index contributed by atoms with van der Waals surface area (Å²) in [7, 11) is 0. The topological polar surface area (TPSA) is 66.6 Å². The van der Waals surface area contributed by atoms with Crippen LogP contribution in [0, 0.1) is 5.92 Å². The molecule has 142 valence electrons. The predicted molar refractivity (Wildman–Crippen MR) is 90.3 cm³/mol. The van der Waals surface area contributed by atoms with Crippen LogP contribution in [0.2, 0.25) is 0 Å². The maximum Gasteiger partial charge on any atom is 0.416 e. The van der Waals surface area contributed by atoms with Gasteiger partial charge in [-0.15, -0.1) is 0 Å². The van der Waals surface area contributed by atoms with E-state index in [9.17, 15) is 22.8 Å². The van der Waals surface area contributed by atoms with Crippen LogP contribution in [0.15, 0.2) is 24.3 Å². The van der Waals surface area contributed by atoms with Crippen LogP contribution in [0.5, 0.6) is 0 Å². The average Bonchev–Trinajstić information content (AvgIpc) is 3.11. The maximum absolute atomic E-state index is 12.9. The number of rotatable bonds is 3. The van der Waals surface area contributed by atoms with Crippen molar-refractivity contribution >= 4 is 17.5 Å². The number of likely N-dealkylation sites (tertiary alicyclic amines) is 1. The second-order valence-corrected chi connectivity index (χ2v) is 6.90. The average molecular weight is 369 g/mol. The van der Waals surface area contributed by atoms with Gasteiger partial charge in [0.05, 0.1) is 5.56 Å². The molecule has 0 spiro atoms. The standard InChI is InChI=1S/C18H22F3N3O2/c19-18(20,21)13-3-1-4-14(11-13)23-9-6-12(7-10-23)17(26)24-8-2-5-15(24)16(22)25/h1,3-4,11-12,15H,2,5-10H2,(H2,22,25). The van der Waals surface area contributed by atoms with Gasteiger partial charge in [-0.05, 0) is 43.9 Å². The summed E-state index contributed by atoms with van der Waals surface area (Å²) in [6.45, 7) is 1.56. The van der Waals surface area contributed by atoms with E-state index < -0.39 is 23.7 Å². The molecule has 0 saturated carbocycles. The van der Waals surface area contributed by atoms with Crippen molar-refractivity contribution in [2.24, 2.45) is 11.7 Å². The van der Waals surface area contributed by atoms with Crippen molar-refractivity contribution in [3.8, 4) is 0 Å². The predicted octanol–water partition coefficient (Wildman–Crippen LogP) is 2.40. The summed E-state index contributed by atoms with van der Waals surface area (Å²) in [5, 5.41) is 0. The monoisotopic (exact) mass is 369 g/mol. The maximum atomic E-state index is 12.9. The number of halogens is 3. The fourth-order valence-corrected chi connectivity index (χ4v) is 3.82. The van der Waals surface area contributed by atoms with Gasteiger partial charge in [0, 0.05) is 31.2 Å². The van der Waals surface area contributed by atoms with Crippen molar-refractivity contribution in [1.82, 2.24) is 4.90 Å². The molecule has 5 nitrogen and oxygen atoms in total. The van der Waals surface area contributed by atoms with E-state index in [0.717, 1.165) is 18.6 Å². The van der Waals surface area contributed by atoms with Gasteiger partial charge in [-0.1, -0.05) is 6.07 Å².